The molecule has 1 aromatic rings. The maximum absolute atomic E-state index is 11.8. The third-order valence-electron chi connectivity index (χ3n) is 2.89. The molecule has 2 N–H and O–H groups in total. The number of para-hydroxylation sites is 1. The minimum Gasteiger partial charge on any atom is -0.481 e. The topological polar surface area (TPSA) is 94.1 Å². The first-order chi connectivity index (χ1) is 11.2. The van der Waals surface area contributed by atoms with Crippen molar-refractivity contribution in [3.63, 3.8) is 0 Å². The van der Waals surface area contributed by atoms with Gasteiger partial charge in [-0.2, -0.15) is 0 Å². The van der Waals surface area contributed by atoms with E-state index in [1.807, 2.05) is 12.1 Å². The lowest BCUT2D eigenvalue weighted by atomic mass is 10.1. The monoisotopic (exact) mass is 339 g/mol. The van der Waals surface area contributed by atoms with E-state index in [9.17, 15) is 9.59 Å². The molecule has 0 saturated carbocycles. The Balaban J connectivity index is 2.68. The van der Waals surface area contributed by atoms with Crippen LogP contribution < -0.4 is 10.1 Å². The Kier molecular flexibility index (Phi) is 7.51. The van der Waals surface area contributed by atoms with Crippen LogP contribution in [0.15, 0.2) is 24.3 Å². The first-order valence-corrected chi connectivity index (χ1v) is 7.70. The molecule has 24 heavy (non-hydrogen) atoms. The smallest absolute Gasteiger partial charge is 0.412 e. The molecule has 0 aliphatic carbocycles. The summed E-state index contributed by atoms with van der Waals surface area (Å²) in [6.45, 7) is 5.27. The Hall–Kier alpha value is -2.28. The Morgan fingerprint density at radius 1 is 1.25 bits per heavy atom. The number of carbonyl (C=O) groups excluding carboxylic acids is 1. The number of aryl methyl sites for hydroxylation is 1. The van der Waals surface area contributed by atoms with Gasteiger partial charge in [-0.25, -0.2) is 4.79 Å². The molecular formula is C17H25NO6. The van der Waals surface area contributed by atoms with Crippen LogP contribution in [-0.2, 0) is 20.7 Å². The zero-order valence-electron chi connectivity index (χ0n) is 14.5. The van der Waals surface area contributed by atoms with Crippen LogP contribution in [0, 0.1) is 0 Å². The van der Waals surface area contributed by atoms with Crippen LogP contribution in [0.1, 0.15) is 39.2 Å². The van der Waals surface area contributed by atoms with Crippen LogP contribution in [0.4, 0.5) is 4.79 Å². The highest BCUT2D eigenvalue weighted by atomic mass is 16.7. The van der Waals surface area contributed by atoms with E-state index >= 15 is 0 Å². The van der Waals surface area contributed by atoms with E-state index in [4.69, 9.17) is 19.3 Å². The van der Waals surface area contributed by atoms with E-state index in [1.54, 1.807) is 32.9 Å². The van der Waals surface area contributed by atoms with Crippen LogP contribution in [0.3, 0.4) is 0 Å². The Bertz CT molecular complexity index is 552. The number of ether oxygens (including phenoxy) is 3. The highest BCUT2D eigenvalue weighted by molar-refractivity contribution is 5.67. The second kappa shape index (κ2) is 9.12. The third kappa shape index (κ3) is 7.82. The molecule has 1 amide bonds. The molecule has 0 fully saturated rings. The van der Waals surface area contributed by atoms with E-state index in [0.717, 1.165) is 5.56 Å². The highest BCUT2D eigenvalue weighted by Crippen LogP contribution is 2.21. The zero-order chi connectivity index (χ0) is 18.2. The first-order valence-electron chi connectivity index (χ1n) is 7.70. The summed E-state index contributed by atoms with van der Waals surface area (Å²) < 4.78 is 15.9. The van der Waals surface area contributed by atoms with Crippen molar-refractivity contribution in [3.8, 4) is 5.75 Å². The minimum atomic E-state index is -1.01. The summed E-state index contributed by atoms with van der Waals surface area (Å²) in [7, 11) is 1.40. The van der Waals surface area contributed by atoms with Crippen molar-refractivity contribution in [1.82, 2.24) is 5.32 Å². The number of amides is 1. The van der Waals surface area contributed by atoms with Crippen molar-refractivity contribution in [3.05, 3.63) is 29.8 Å². The SMILES string of the molecule is COC(NC(=O)OC(C)(C)C)Oc1ccccc1CCCC(=O)O. The molecule has 0 aliphatic rings. The lowest BCUT2D eigenvalue weighted by Crippen LogP contribution is -2.43. The van der Waals surface area contributed by atoms with Gasteiger partial charge in [0.05, 0.1) is 0 Å². The van der Waals surface area contributed by atoms with E-state index in [1.165, 1.54) is 7.11 Å². The molecule has 7 nitrogen and oxygen atoms in total. The molecule has 0 saturated heterocycles. The number of rotatable bonds is 8. The molecule has 0 heterocycles. The quantitative estimate of drug-likeness (QED) is 0.707. The molecular weight excluding hydrogens is 314 g/mol. The van der Waals surface area contributed by atoms with Gasteiger partial charge in [-0.15, -0.1) is 0 Å². The molecule has 0 bridgehead atoms. The Labute approximate surface area is 141 Å². The second-order valence-corrected chi connectivity index (χ2v) is 6.19. The van der Waals surface area contributed by atoms with Gasteiger partial charge in [0.1, 0.15) is 11.4 Å². The third-order valence-corrected chi connectivity index (χ3v) is 2.89. The van der Waals surface area contributed by atoms with Gasteiger partial charge < -0.3 is 19.3 Å². The number of benzene rings is 1. The van der Waals surface area contributed by atoms with Crippen LogP contribution >= 0.6 is 0 Å². The average molecular weight is 339 g/mol. The van der Waals surface area contributed by atoms with Gasteiger partial charge in [-0.1, -0.05) is 18.2 Å². The molecule has 1 aromatic carbocycles. The summed E-state index contributed by atoms with van der Waals surface area (Å²) in [6, 6.07) is 7.21. The molecule has 1 rings (SSSR count). The standard InChI is InChI=1S/C17H25NO6/c1-17(2,3)24-15(21)18-16(22-4)23-13-10-6-5-8-12(13)9-7-11-14(19)20/h5-6,8,10,16H,7,9,11H2,1-4H3,(H,18,21)(H,19,20). The van der Waals surface area contributed by atoms with Crippen molar-refractivity contribution in [2.75, 3.05) is 7.11 Å². The van der Waals surface area contributed by atoms with Crippen molar-refractivity contribution < 1.29 is 28.9 Å². The van der Waals surface area contributed by atoms with Gasteiger partial charge in [-0.3, -0.25) is 10.1 Å². The number of carboxylic acids is 1. The van der Waals surface area contributed by atoms with Gasteiger partial charge in [0.25, 0.3) is 6.41 Å². The average Bonchev–Trinajstić information content (AvgIpc) is 2.45. The van der Waals surface area contributed by atoms with E-state index in [0.29, 0.717) is 18.6 Å². The molecule has 0 radical (unpaired) electrons. The maximum atomic E-state index is 11.8. The Morgan fingerprint density at radius 2 is 1.92 bits per heavy atom. The molecule has 7 heteroatoms. The largest absolute Gasteiger partial charge is 0.481 e. The summed E-state index contributed by atoms with van der Waals surface area (Å²) in [5, 5.41) is 11.2. The lowest BCUT2D eigenvalue weighted by Gasteiger charge is -2.24. The number of hydrogen-bond acceptors (Lipinski definition) is 5. The Morgan fingerprint density at radius 3 is 2.50 bits per heavy atom. The van der Waals surface area contributed by atoms with Crippen LogP contribution in [0.5, 0.6) is 5.75 Å². The molecule has 0 aliphatic heterocycles. The normalized spacial score (nSPS) is 12.3. The lowest BCUT2D eigenvalue weighted by molar-refractivity contribution is -0.137. The van der Waals surface area contributed by atoms with Crippen LogP contribution in [0.2, 0.25) is 0 Å². The van der Waals surface area contributed by atoms with E-state index in [2.05, 4.69) is 5.32 Å². The number of hydrogen-bond donors (Lipinski definition) is 2. The molecule has 0 spiro atoms. The number of carboxylic acid groups (broad SMARTS) is 1. The predicted octanol–water partition coefficient (Wildman–Crippen LogP) is 2.93. The number of aliphatic carboxylic acids is 1. The summed E-state index contributed by atoms with van der Waals surface area (Å²) in [6.07, 6.45) is -0.547. The summed E-state index contributed by atoms with van der Waals surface area (Å²) in [4.78, 5) is 22.4. The fraction of sp³-hybridized carbons (Fsp3) is 0.529. The van der Waals surface area contributed by atoms with Crippen molar-refractivity contribution >= 4 is 12.1 Å². The number of methoxy groups -OCH3 is 1. The summed E-state index contributed by atoms with van der Waals surface area (Å²) in [5.41, 5.74) is 0.212. The van der Waals surface area contributed by atoms with Crippen molar-refractivity contribution in [2.24, 2.45) is 0 Å². The predicted molar refractivity (Wildman–Crippen MR) is 87.8 cm³/mol. The van der Waals surface area contributed by atoms with Crippen LogP contribution in [-0.4, -0.2) is 36.3 Å². The summed E-state index contributed by atoms with van der Waals surface area (Å²) in [5.74, 6) is -0.319. The zero-order valence-corrected chi connectivity index (χ0v) is 14.5. The maximum Gasteiger partial charge on any atom is 0.412 e. The van der Waals surface area contributed by atoms with Gasteiger partial charge in [0.2, 0.25) is 0 Å². The molecule has 1 unspecified atom stereocenters. The number of alkyl carbamates (subject to hydrolysis) is 1. The molecule has 1 atom stereocenters. The minimum absolute atomic E-state index is 0.0815. The van der Waals surface area contributed by atoms with Gasteiger partial charge in [0, 0.05) is 13.5 Å². The first kappa shape index (κ1) is 19.8. The number of nitrogens with one attached hydrogen (secondary N) is 1. The summed E-state index contributed by atoms with van der Waals surface area (Å²) >= 11 is 0. The van der Waals surface area contributed by atoms with Gasteiger partial charge in [-0.05, 0) is 45.2 Å². The molecule has 0 aromatic heterocycles. The molecule has 134 valence electrons. The van der Waals surface area contributed by atoms with Crippen molar-refractivity contribution in [2.45, 2.75) is 52.0 Å². The van der Waals surface area contributed by atoms with E-state index < -0.39 is 24.1 Å². The van der Waals surface area contributed by atoms with Gasteiger partial charge in [0.15, 0.2) is 0 Å². The number of carbonyl (C=O) groups is 2. The second-order valence-electron chi connectivity index (χ2n) is 6.19. The highest BCUT2D eigenvalue weighted by Gasteiger charge is 2.20. The van der Waals surface area contributed by atoms with Crippen molar-refractivity contribution in [1.29, 1.82) is 0 Å². The van der Waals surface area contributed by atoms with Crippen LogP contribution in [0.25, 0.3) is 0 Å². The van der Waals surface area contributed by atoms with E-state index in [-0.39, 0.29) is 6.42 Å². The fourth-order valence-electron chi connectivity index (χ4n) is 1.91. The van der Waals surface area contributed by atoms with Gasteiger partial charge >= 0.3 is 12.1 Å². The fourth-order valence-corrected chi connectivity index (χ4v) is 1.91.